The van der Waals surface area contributed by atoms with Gasteiger partial charge < -0.3 is 4.74 Å². The number of hydrogen-bond donors (Lipinski definition) is 0. The first-order valence-corrected chi connectivity index (χ1v) is 14.5. The number of carbonyl (C=O) groups excluding carboxylic acids is 4. The molecule has 1 fully saturated rings. The molecular formula is C34H24Cl2N2O5. The summed E-state index contributed by atoms with van der Waals surface area (Å²) in [6, 6.07) is 26.5. The Morgan fingerprint density at radius 1 is 0.767 bits per heavy atom. The molecule has 214 valence electrons. The van der Waals surface area contributed by atoms with Gasteiger partial charge in [-0.2, -0.15) is 5.01 Å². The Hall–Kier alpha value is -4.46. The summed E-state index contributed by atoms with van der Waals surface area (Å²) in [4.78, 5) is 56.5. The lowest BCUT2D eigenvalue weighted by atomic mass is 9.55. The fourth-order valence-electron chi connectivity index (χ4n) is 6.94. The van der Waals surface area contributed by atoms with Crippen molar-refractivity contribution in [2.45, 2.75) is 11.8 Å². The maximum absolute atomic E-state index is 14.4. The molecule has 1 saturated heterocycles. The molecule has 2 atom stereocenters. The summed E-state index contributed by atoms with van der Waals surface area (Å²) in [6.07, 6.45) is 0. The molecule has 3 aliphatic carbocycles. The normalized spacial score (nSPS) is 21.2. The van der Waals surface area contributed by atoms with E-state index < -0.39 is 41.9 Å². The summed E-state index contributed by atoms with van der Waals surface area (Å²) < 4.78 is 5.19. The maximum Gasteiger partial charge on any atom is 0.274 e. The number of Topliss-reactive ketones (excluding diaryl/α,β-unsaturated/α-hetero) is 1. The van der Waals surface area contributed by atoms with Gasteiger partial charge in [0.15, 0.2) is 5.78 Å². The van der Waals surface area contributed by atoms with E-state index in [4.69, 9.17) is 27.9 Å². The minimum absolute atomic E-state index is 0.0126. The lowest BCUT2D eigenvalue weighted by Gasteiger charge is -2.45. The molecule has 7 nitrogen and oxygen atoms in total. The van der Waals surface area contributed by atoms with Gasteiger partial charge in [0.25, 0.3) is 17.7 Å². The summed E-state index contributed by atoms with van der Waals surface area (Å²) in [5.74, 6) is -3.89. The van der Waals surface area contributed by atoms with Crippen LogP contribution < -0.4 is 4.74 Å². The number of imide groups is 1. The molecule has 4 aliphatic rings. The zero-order chi connectivity index (χ0) is 30.0. The van der Waals surface area contributed by atoms with E-state index in [1.807, 2.05) is 48.5 Å². The second kappa shape index (κ2) is 10.4. The minimum atomic E-state index is -0.758. The number of hydrazine groups is 1. The van der Waals surface area contributed by atoms with E-state index in [1.165, 1.54) is 25.3 Å². The van der Waals surface area contributed by atoms with Crippen LogP contribution in [0.1, 0.15) is 54.8 Å². The third-order valence-corrected chi connectivity index (χ3v) is 9.32. The molecule has 4 aromatic rings. The van der Waals surface area contributed by atoms with Crippen LogP contribution in [-0.4, -0.2) is 47.2 Å². The molecule has 8 rings (SSSR count). The Labute approximate surface area is 257 Å². The number of methoxy groups -OCH3 is 1. The molecule has 2 bridgehead atoms. The Morgan fingerprint density at radius 2 is 1.28 bits per heavy atom. The quantitative estimate of drug-likeness (QED) is 0.194. The fraction of sp³-hybridized carbons (Fsp3) is 0.176. The van der Waals surface area contributed by atoms with Crippen LogP contribution in [0.25, 0.3) is 0 Å². The zero-order valence-electron chi connectivity index (χ0n) is 22.9. The van der Waals surface area contributed by atoms with Crippen molar-refractivity contribution in [2.75, 3.05) is 13.7 Å². The first-order chi connectivity index (χ1) is 20.8. The summed E-state index contributed by atoms with van der Waals surface area (Å²) in [6.45, 7) is -0.559. The molecule has 0 radical (unpaired) electrons. The van der Waals surface area contributed by atoms with Gasteiger partial charge in [-0.1, -0.05) is 71.7 Å². The largest absolute Gasteiger partial charge is 0.497 e. The molecule has 1 aliphatic heterocycles. The summed E-state index contributed by atoms with van der Waals surface area (Å²) in [7, 11) is 1.51. The number of halogens is 2. The lowest BCUT2D eigenvalue weighted by Crippen LogP contribution is -2.52. The van der Waals surface area contributed by atoms with Crippen LogP contribution in [0.4, 0.5) is 0 Å². The van der Waals surface area contributed by atoms with Gasteiger partial charge in [0.2, 0.25) is 0 Å². The van der Waals surface area contributed by atoms with E-state index in [1.54, 1.807) is 24.3 Å². The van der Waals surface area contributed by atoms with Crippen molar-refractivity contribution >= 4 is 46.7 Å². The average molecular weight is 611 g/mol. The Balaban J connectivity index is 1.33. The monoisotopic (exact) mass is 610 g/mol. The smallest absolute Gasteiger partial charge is 0.274 e. The van der Waals surface area contributed by atoms with Crippen LogP contribution in [0.3, 0.4) is 0 Å². The van der Waals surface area contributed by atoms with Crippen molar-refractivity contribution in [3.05, 3.63) is 134 Å². The van der Waals surface area contributed by atoms with Gasteiger partial charge in [-0.15, -0.1) is 0 Å². The number of amides is 3. The summed E-state index contributed by atoms with van der Waals surface area (Å²) >= 11 is 12.5. The highest BCUT2D eigenvalue weighted by Crippen LogP contribution is 2.61. The Morgan fingerprint density at radius 3 is 1.74 bits per heavy atom. The number of ketones is 1. The third-order valence-electron chi connectivity index (χ3n) is 8.77. The number of ether oxygens (including phenoxy) is 1. The van der Waals surface area contributed by atoms with Crippen LogP contribution in [0.2, 0.25) is 10.0 Å². The van der Waals surface area contributed by atoms with Crippen molar-refractivity contribution < 1.29 is 23.9 Å². The number of hydrogen-bond acceptors (Lipinski definition) is 5. The van der Waals surface area contributed by atoms with Gasteiger partial charge in [-0.25, -0.2) is 5.01 Å². The third kappa shape index (κ3) is 4.18. The molecule has 0 unspecified atom stereocenters. The molecule has 0 aromatic heterocycles. The number of carbonyl (C=O) groups is 4. The second-order valence-corrected chi connectivity index (χ2v) is 11.7. The van der Waals surface area contributed by atoms with E-state index in [2.05, 4.69) is 0 Å². The molecule has 43 heavy (non-hydrogen) atoms. The highest BCUT2D eigenvalue weighted by Gasteiger charge is 2.63. The molecule has 9 heteroatoms. The van der Waals surface area contributed by atoms with Crippen molar-refractivity contribution in [1.29, 1.82) is 0 Å². The number of rotatable bonds is 6. The second-order valence-electron chi connectivity index (χ2n) is 10.9. The van der Waals surface area contributed by atoms with Crippen LogP contribution >= 0.6 is 23.2 Å². The van der Waals surface area contributed by atoms with Crippen molar-refractivity contribution in [1.82, 2.24) is 10.0 Å². The summed E-state index contributed by atoms with van der Waals surface area (Å²) in [5, 5.41) is 2.19. The highest BCUT2D eigenvalue weighted by atomic mass is 35.5. The maximum atomic E-state index is 14.4. The number of benzene rings is 4. The molecule has 0 spiro atoms. The molecular weight excluding hydrogens is 587 g/mol. The van der Waals surface area contributed by atoms with Crippen LogP contribution in [0.15, 0.2) is 91.0 Å². The van der Waals surface area contributed by atoms with Gasteiger partial charge in [0.1, 0.15) is 12.3 Å². The van der Waals surface area contributed by atoms with Crippen LogP contribution in [0, 0.1) is 11.8 Å². The number of nitrogens with zero attached hydrogens (tertiary/aromatic N) is 2. The highest BCUT2D eigenvalue weighted by molar-refractivity contribution is 6.36. The molecule has 0 N–H and O–H groups in total. The lowest BCUT2D eigenvalue weighted by molar-refractivity contribution is -0.154. The van der Waals surface area contributed by atoms with Crippen molar-refractivity contribution in [2.24, 2.45) is 11.8 Å². The van der Waals surface area contributed by atoms with Gasteiger partial charge in [-0.3, -0.25) is 19.2 Å². The Kier molecular flexibility index (Phi) is 6.60. The van der Waals surface area contributed by atoms with E-state index in [9.17, 15) is 19.2 Å². The van der Waals surface area contributed by atoms with Crippen molar-refractivity contribution in [3.8, 4) is 5.75 Å². The zero-order valence-corrected chi connectivity index (χ0v) is 24.4. The first kappa shape index (κ1) is 27.4. The first-order valence-electron chi connectivity index (χ1n) is 13.8. The van der Waals surface area contributed by atoms with Gasteiger partial charge in [-0.05, 0) is 64.7 Å². The molecule has 3 amide bonds. The van der Waals surface area contributed by atoms with Crippen molar-refractivity contribution in [3.63, 3.8) is 0 Å². The fourth-order valence-corrected chi connectivity index (χ4v) is 7.43. The molecule has 4 aromatic carbocycles. The van der Waals surface area contributed by atoms with E-state index >= 15 is 0 Å². The van der Waals surface area contributed by atoms with E-state index in [0.29, 0.717) is 10.8 Å². The minimum Gasteiger partial charge on any atom is -0.497 e. The van der Waals surface area contributed by atoms with Crippen LogP contribution in [0.5, 0.6) is 5.75 Å². The van der Waals surface area contributed by atoms with E-state index in [0.717, 1.165) is 32.3 Å². The van der Waals surface area contributed by atoms with Crippen LogP contribution in [-0.2, 0) is 9.59 Å². The van der Waals surface area contributed by atoms with Gasteiger partial charge in [0, 0.05) is 22.4 Å². The van der Waals surface area contributed by atoms with Gasteiger partial charge >= 0.3 is 0 Å². The predicted molar refractivity (Wildman–Crippen MR) is 160 cm³/mol. The predicted octanol–water partition coefficient (Wildman–Crippen LogP) is 6.13. The average Bonchev–Trinajstić information content (AvgIpc) is 3.29. The standard InChI is InChI=1S/C34H24Cl2N2O5/c1-43-20-13-10-18(11-14-20)27(39)17-37(32(40)25-15-12-19(35)16-26(25)36)38-33(41)30-28-21-6-2-3-7-22(21)29(31(30)34(38)42)24-9-5-4-8-23(24)28/h2-16,28-31H,17H2,1H3/t28?,29?,30-,31-/m0/s1. The van der Waals surface area contributed by atoms with Gasteiger partial charge in [0.05, 0.1) is 29.5 Å². The Bertz CT molecular complexity index is 1720. The molecule has 1 heterocycles. The molecule has 0 saturated carbocycles. The summed E-state index contributed by atoms with van der Waals surface area (Å²) in [5.41, 5.74) is 4.31. The SMILES string of the molecule is COc1ccc(C(=O)CN(C(=O)c2ccc(Cl)cc2Cl)N2C(=O)[C@H]3C4c5ccccc5C(c5ccccc54)[C@@H]3C2=O)cc1. The topological polar surface area (TPSA) is 84.0 Å². The van der Waals surface area contributed by atoms with E-state index in [-0.39, 0.29) is 28.0 Å².